The number of benzene rings is 3. The van der Waals surface area contributed by atoms with Gasteiger partial charge >= 0.3 is 0 Å². The van der Waals surface area contributed by atoms with Gasteiger partial charge in [0, 0.05) is 11.3 Å². The zero-order valence-electron chi connectivity index (χ0n) is 18.0. The number of aromatic nitrogens is 1. The van der Waals surface area contributed by atoms with Gasteiger partial charge in [-0.05, 0) is 37.1 Å². The molecule has 4 aromatic rings. The Morgan fingerprint density at radius 1 is 0.906 bits per heavy atom. The molecule has 1 heterocycles. The normalized spacial score (nSPS) is 11.4. The second kappa shape index (κ2) is 9.35. The number of hydrogen-bond acceptors (Lipinski definition) is 4. The van der Waals surface area contributed by atoms with Gasteiger partial charge in [0.2, 0.25) is 0 Å². The molecule has 0 aliphatic heterocycles. The number of rotatable bonds is 6. The largest absolute Gasteiger partial charge is 0.507 e. The number of nitrogens with zero attached hydrogens (tertiary/aromatic N) is 2. The van der Waals surface area contributed by atoms with Gasteiger partial charge < -0.3 is 9.94 Å². The van der Waals surface area contributed by atoms with Gasteiger partial charge in [-0.2, -0.15) is 0 Å². The Kier molecular flexibility index (Phi) is 6.17. The van der Waals surface area contributed by atoms with Crippen LogP contribution in [-0.2, 0) is 11.4 Å². The first-order valence-electron chi connectivity index (χ1n) is 10.4. The summed E-state index contributed by atoms with van der Waals surface area (Å²) in [4.78, 5) is 19.2. The van der Waals surface area contributed by atoms with Crippen molar-refractivity contribution in [3.8, 4) is 22.7 Å². The molecule has 0 aliphatic rings. The topological polar surface area (TPSA) is 63.8 Å². The maximum atomic E-state index is 13.7. The lowest BCUT2D eigenvalue weighted by Gasteiger charge is -2.19. The Morgan fingerprint density at radius 2 is 1.47 bits per heavy atom. The molecular weight excluding hydrogens is 400 g/mol. The summed E-state index contributed by atoms with van der Waals surface area (Å²) in [6, 6.07) is 28.6. The molecule has 5 heteroatoms. The molecule has 0 unspecified atom stereocenters. The van der Waals surface area contributed by atoms with E-state index < -0.39 is 0 Å². The average molecular weight is 425 g/mol. The van der Waals surface area contributed by atoms with Crippen LogP contribution < -0.4 is 5.56 Å². The van der Waals surface area contributed by atoms with Crippen molar-refractivity contribution in [3.63, 3.8) is 0 Å². The SMILES string of the molecule is C/C(=N\OCc1ccccc1)c1c(O)c(C)c(-c2ccccc2)n(-c2ccccc2)c1=O. The van der Waals surface area contributed by atoms with Gasteiger partial charge in [0.15, 0.2) is 0 Å². The Hall–Kier alpha value is -4.12. The zero-order valence-corrected chi connectivity index (χ0v) is 18.0. The molecule has 0 aliphatic carbocycles. The summed E-state index contributed by atoms with van der Waals surface area (Å²) in [5.74, 6) is -0.0920. The summed E-state index contributed by atoms with van der Waals surface area (Å²) in [5.41, 5.74) is 3.82. The molecule has 0 amide bonds. The van der Waals surface area contributed by atoms with Crippen LogP contribution in [0.3, 0.4) is 0 Å². The van der Waals surface area contributed by atoms with E-state index in [1.54, 1.807) is 18.4 Å². The van der Waals surface area contributed by atoms with Crippen molar-refractivity contribution in [1.29, 1.82) is 0 Å². The summed E-state index contributed by atoms with van der Waals surface area (Å²) < 4.78 is 1.62. The van der Waals surface area contributed by atoms with E-state index in [2.05, 4.69) is 5.16 Å². The number of para-hydroxylation sites is 1. The quantitative estimate of drug-likeness (QED) is 0.330. The van der Waals surface area contributed by atoms with Crippen LogP contribution in [0.25, 0.3) is 16.9 Å². The summed E-state index contributed by atoms with van der Waals surface area (Å²) in [7, 11) is 0. The lowest BCUT2D eigenvalue weighted by atomic mass is 10.0. The third-order valence-corrected chi connectivity index (χ3v) is 5.29. The van der Waals surface area contributed by atoms with Gasteiger partial charge in [0.1, 0.15) is 17.9 Å². The molecule has 0 saturated heterocycles. The minimum Gasteiger partial charge on any atom is -0.507 e. The summed E-state index contributed by atoms with van der Waals surface area (Å²) in [6.45, 7) is 3.74. The van der Waals surface area contributed by atoms with Gasteiger partial charge in [-0.15, -0.1) is 0 Å². The number of aromatic hydroxyl groups is 1. The van der Waals surface area contributed by atoms with Crippen LogP contribution >= 0.6 is 0 Å². The number of hydrogen-bond donors (Lipinski definition) is 1. The fourth-order valence-electron chi connectivity index (χ4n) is 3.70. The maximum Gasteiger partial charge on any atom is 0.268 e. The monoisotopic (exact) mass is 424 g/mol. The minimum absolute atomic E-state index is 0.0920. The molecule has 32 heavy (non-hydrogen) atoms. The molecular formula is C27H24N2O3. The Balaban J connectivity index is 1.85. The van der Waals surface area contributed by atoms with Crippen molar-refractivity contribution in [2.45, 2.75) is 20.5 Å². The van der Waals surface area contributed by atoms with Crippen LogP contribution in [0.15, 0.2) is 101 Å². The summed E-state index contributed by atoms with van der Waals surface area (Å²) >= 11 is 0. The van der Waals surface area contributed by atoms with Crippen molar-refractivity contribution in [2.75, 3.05) is 0 Å². The smallest absolute Gasteiger partial charge is 0.268 e. The van der Waals surface area contributed by atoms with E-state index in [-0.39, 0.29) is 23.5 Å². The van der Waals surface area contributed by atoms with Crippen molar-refractivity contribution >= 4 is 5.71 Å². The molecule has 0 atom stereocenters. The summed E-state index contributed by atoms with van der Waals surface area (Å²) in [5, 5.41) is 15.2. The molecule has 0 radical (unpaired) electrons. The molecule has 0 spiro atoms. The van der Waals surface area contributed by atoms with Crippen LogP contribution in [0.2, 0.25) is 0 Å². The lowest BCUT2D eigenvalue weighted by molar-refractivity contribution is 0.130. The van der Waals surface area contributed by atoms with Crippen LogP contribution in [-0.4, -0.2) is 15.4 Å². The Bertz CT molecular complexity index is 1300. The number of pyridine rings is 1. The zero-order chi connectivity index (χ0) is 22.5. The van der Waals surface area contributed by atoms with Crippen molar-refractivity contribution in [1.82, 2.24) is 4.57 Å². The van der Waals surface area contributed by atoms with Crippen LogP contribution in [0.1, 0.15) is 23.6 Å². The highest BCUT2D eigenvalue weighted by molar-refractivity contribution is 6.01. The first-order valence-corrected chi connectivity index (χ1v) is 10.4. The van der Waals surface area contributed by atoms with Crippen molar-refractivity contribution < 1.29 is 9.94 Å². The minimum atomic E-state index is -0.359. The van der Waals surface area contributed by atoms with Crippen molar-refractivity contribution in [3.05, 3.63) is 118 Å². The van der Waals surface area contributed by atoms with Gasteiger partial charge in [0.25, 0.3) is 5.56 Å². The fraction of sp³-hybridized carbons (Fsp3) is 0.111. The molecule has 0 bridgehead atoms. The molecule has 3 aromatic carbocycles. The van der Waals surface area contributed by atoms with Crippen LogP contribution in [0.4, 0.5) is 0 Å². The third-order valence-electron chi connectivity index (χ3n) is 5.29. The molecule has 0 fully saturated rings. The maximum absolute atomic E-state index is 13.7. The Morgan fingerprint density at radius 3 is 2.09 bits per heavy atom. The van der Waals surface area contributed by atoms with Crippen molar-refractivity contribution in [2.24, 2.45) is 5.16 Å². The molecule has 0 saturated carbocycles. The van der Waals surface area contributed by atoms with Gasteiger partial charge in [-0.1, -0.05) is 84.0 Å². The average Bonchev–Trinajstić information content (AvgIpc) is 2.83. The lowest BCUT2D eigenvalue weighted by Crippen LogP contribution is -2.27. The molecule has 4 rings (SSSR count). The first-order chi connectivity index (χ1) is 15.6. The van der Waals surface area contributed by atoms with Crippen LogP contribution in [0, 0.1) is 6.92 Å². The highest BCUT2D eigenvalue weighted by Crippen LogP contribution is 2.32. The second-order valence-electron chi connectivity index (χ2n) is 7.48. The van der Waals surface area contributed by atoms with Gasteiger partial charge in [-0.25, -0.2) is 0 Å². The highest BCUT2D eigenvalue weighted by Gasteiger charge is 2.23. The summed E-state index contributed by atoms with van der Waals surface area (Å²) in [6.07, 6.45) is 0. The van der Waals surface area contributed by atoms with E-state index in [0.717, 1.165) is 11.1 Å². The fourth-order valence-corrected chi connectivity index (χ4v) is 3.70. The molecule has 5 nitrogen and oxygen atoms in total. The van der Waals surface area contributed by atoms with E-state index >= 15 is 0 Å². The standard InChI is InChI=1S/C27H24N2O3/c1-19-25(22-14-8-4-9-15-22)29(23-16-10-5-11-17-23)27(31)24(26(19)30)20(2)28-32-18-21-12-6-3-7-13-21/h3-17,30H,18H2,1-2H3/b28-20+. The van der Waals surface area contributed by atoms with E-state index in [1.165, 1.54) is 0 Å². The van der Waals surface area contributed by atoms with E-state index in [1.807, 2.05) is 91.0 Å². The van der Waals surface area contributed by atoms with Gasteiger partial charge in [0.05, 0.1) is 11.4 Å². The Labute approximate surface area is 186 Å². The number of oxime groups is 1. The predicted octanol–water partition coefficient (Wildman–Crippen LogP) is 5.46. The third kappa shape index (κ3) is 4.18. The highest BCUT2D eigenvalue weighted by atomic mass is 16.6. The van der Waals surface area contributed by atoms with Gasteiger partial charge in [-0.3, -0.25) is 9.36 Å². The van der Waals surface area contributed by atoms with E-state index in [0.29, 0.717) is 22.7 Å². The van der Waals surface area contributed by atoms with E-state index in [9.17, 15) is 9.90 Å². The molecule has 160 valence electrons. The van der Waals surface area contributed by atoms with Crippen LogP contribution in [0.5, 0.6) is 5.75 Å². The first kappa shape index (κ1) is 21.1. The van der Waals surface area contributed by atoms with E-state index in [4.69, 9.17) is 4.84 Å². The molecule has 1 N–H and O–H groups in total. The molecule has 1 aromatic heterocycles. The second-order valence-corrected chi connectivity index (χ2v) is 7.48. The predicted molar refractivity (Wildman–Crippen MR) is 127 cm³/mol.